The first-order valence-corrected chi connectivity index (χ1v) is 9.06. The van der Waals surface area contributed by atoms with Gasteiger partial charge in [0.2, 0.25) is 5.91 Å². The molecule has 3 nitrogen and oxygen atoms in total. The number of nitrogens with zero attached hydrogens (tertiary/aromatic N) is 1. The Kier molecular flexibility index (Phi) is 4.69. The third-order valence-electron chi connectivity index (χ3n) is 4.84. The Balaban J connectivity index is 2.03. The number of fused-ring (bicyclic) bond motifs is 1. The van der Waals surface area contributed by atoms with Gasteiger partial charge < -0.3 is 10.0 Å². The van der Waals surface area contributed by atoms with Gasteiger partial charge in [0.1, 0.15) is 0 Å². The molecule has 3 rings (SSSR count). The van der Waals surface area contributed by atoms with Gasteiger partial charge in [-0.05, 0) is 36.0 Å². The van der Waals surface area contributed by atoms with Crippen LogP contribution in [0, 0.1) is 5.92 Å². The van der Waals surface area contributed by atoms with Gasteiger partial charge in [-0.1, -0.05) is 46.3 Å². The van der Waals surface area contributed by atoms with Gasteiger partial charge in [0.15, 0.2) is 0 Å². The minimum absolute atomic E-state index is 0.142. The standard InChI is InChI=1S/C18H22BrNO2/c1-12(21)20-11-14-10-16(22)18(13-6-3-2-4-7-13)17(14)15(20)8-5-9-19/h2-4,6-7,14-16,22H,5,8-11H2,1H3/t14-,15+,16-/m1/s1. The fraction of sp³-hybridized carbons (Fsp3) is 0.500. The largest absolute Gasteiger partial charge is 0.388 e. The molecule has 1 amide bonds. The molecule has 1 aliphatic heterocycles. The van der Waals surface area contributed by atoms with Gasteiger partial charge in [-0.25, -0.2) is 0 Å². The number of hydrogen-bond donors (Lipinski definition) is 1. The van der Waals surface area contributed by atoms with Crippen molar-refractivity contribution >= 4 is 27.4 Å². The van der Waals surface area contributed by atoms with Gasteiger partial charge in [0.25, 0.3) is 0 Å². The van der Waals surface area contributed by atoms with E-state index in [0.29, 0.717) is 5.92 Å². The van der Waals surface area contributed by atoms with Gasteiger partial charge in [-0.2, -0.15) is 0 Å². The molecule has 1 fully saturated rings. The minimum atomic E-state index is -0.400. The van der Waals surface area contributed by atoms with Crippen LogP contribution in [0.5, 0.6) is 0 Å². The third-order valence-corrected chi connectivity index (χ3v) is 5.41. The predicted octanol–water partition coefficient (Wildman–Crippen LogP) is 3.23. The maximum Gasteiger partial charge on any atom is 0.219 e. The number of amides is 1. The number of rotatable bonds is 4. The molecule has 0 aromatic heterocycles. The Morgan fingerprint density at radius 3 is 2.73 bits per heavy atom. The molecule has 0 saturated carbocycles. The lowest BCUT2D eigenvalue weighted by Crippen LogP contribution is -2.35. The molecule has 1 aliphatic carbocycles. The second kappa shape index (κ2) is 6.55. The van der Waals surface area contributed by atoms with Crippen LogP contribution in [-0.4, -0.2) is 39.9 Å². The number of likely N-dealkylation sites (tertiary alicyclic amines) is 1. The quantitative estimate of drug-likeness (QED) is 0.834. The Morgan fingerprint density at radius 1 is 1.36 bits per heavy atom. The van der Waals surface area contributed by atoms with Crippen LogP contribution < -0.4 is 0 Å². The fourth-order valence-corrected chi connectivity index (χ4v) is 4.31. The van der Waals surface area contributed by atoms with E-state index in [9.17, 15) is 9.90 Å². The predicted molar refractivity (Wildman–Crippen MR) is 91.7 cm³/mol. The van der Waals surface area contributed by atoms with Crippen molar-refractivity contribution in [2.24, 2.45) is 5.92 Å². The Bertz CT molecular complexity index is 584. The second-order valence-electron chi connectivity index (χ2n) is 6.20. The van der Waals surface area contributed by atoms with Crippen molar-refractivity contribution in [2.45, 2.75) is 38.3 Å². The Morgan fingerprint density at radius 2 is 2.09 bits per heavy atom. The van der Waals surface area contributed by atoms with E-state index in [4.69, 9.17) is 0 Å². The summed E-state index contributed by atoms with van der Waals surface area (Å²) < 4.78 is 0. The highest BCUT2D eigenvalue weighted by molar-refractivity contribution is 9.09. The maximum atomic E-state index is 12.0. The molecule has 0 bridgehead atoms. The number of benzene rings is 1. The Hall–Kier alpha value is -1.13. The molecule has 2 aliphatic rings. The van der Waals surface area contributed by atoms with E-state index in [0.717, 1.165) is 42.3 Å². The highest BCUT2D eigenvalue weighted by Gasteiger charge is 2.45. The average Bonchev–Trinajstić information content (AvgIpc) is 3.01. The highest BCUT2D eigenvalue weighted by atomic mass is 79.9. The summed E-state index contributed by atoms with van der Waals surface area (Å²) in [5, 5.41) is 11.5. The fourth-order valence-electron chi connectivity index (χ4n) is 3.99. The van der Waals surface area contributed by atoms with Crippen molar-refractivity contribution < 1.29 is 9.90 Å². The summed E-state index contributed by atoms with van der Waals surface area (Å²) >= 11 is 3.49. The molecular formula is C18H22BrNO2. The summed E-state index contributed by atoms with van der Waals surface area (Å²) in [6.45, 7) is 2.41. The van der Waals surface area contributed by atoms with E-state index >= 15 is 0 Å². The SMILES string of the molecule is CC(=O)N1C[C@H]2C[C@@H](O)C(c3ccccc3)=C2[C@@H]1CCCBr. The van der Waals surface area contributed by atoms with Crippen molar-refractivity contribution in [2.75, 3.05) is 11.9 Å². The summed E-state index contributed by atoms with van der Waals surface area (Å²) in [4.78, 5) is 14.0. The number of aliphatic hydroxyl groups excluding tert-OH is 1. The van der Waals surface area contributed by atoms with Crippen LogP contribution in [0.1, 0.15) is 31.7 Å². The molecule has 0 spiro atoms. The van der Waals surface area contributed by atoms with E-state index in [-0.39, 0.29) is 11.9 Å². The topological polar surface area (TPSA) is 40.5 Å². The number of hydrogen-bond acceptors (Lipinski definition) is 2. The number of carbonyl (C=O) groups excluding carboxylic acids is 1. The monoisotopic (exact) mass is 363 g/mol. The van der Waals surface area contributed by atoms with Gasteiger partial charge in [0.05, 0.1) is 12.1 Å². The molecule has 3 atom stereocenters. The van der Waals surface area contributed by atoms with Crippen LogP contribution in [0.4, 0.5) is 0 Å². The van der Waals surface area contributed by atoms with E-state index in [2.05, 4.69) is 28.1 Å². The molecule has 0 radical (unpaired) electrons. The molecule has 4 heteroatoms. The van der Waals surface area contributed by atoms with Crippen LogP contribution in [0.2, 0.25) is 0 Å². The number of aliphatic hydroxyl groups is 1. The molecule has 118 valence electrons. The van der Waals surface area contributed by atoms with Gasteiger partial charge in [-0.15, -0.1) is 0 Å². The van der Waals surface area contributed by atoms with Crippen LogP contribution in [0.25, 0.3) is 5.57 Å². The molecule has 1 saturated heterocycles. The number of halogens is 1. The van der Waals surface area contributed by atoms with Crippen LogP contribution >= 0.6 is 15.9 Å². The first-order valence-electron chi connectivity index (χ1n) is 7.94. The number of carbonyl (C=O) groups is 1. The summed E-state index contributed by atoms with van der Waals surface area (Å²) in [7, 11) is 0. The number of alkyl halides is 1. The Labute approximate surface area is 140 Å². The third kappa shape index (κ3) is 2.74. The normalized spacial score (nSPS) is 27.4. The molecule has 0 unspecified atom stereocenters. The molecule has 1 aromatic carbocycles. The van der Waals surface area contributed by atoms with Crippen LogP contribution in [0.15, 0.2) is 35.9 Å². The summed E-state index contributed by atoms with van der Waals surface area (Å²) in [5.74, 6) is 0.456. The van der Waals surface area contributed by atoms with E-state index in [1.165, 1.54) is 5.57 Å². The lowest BCUT2D eigenvalue weighted by atomic mass is 9.93. The highest BCUT2D eigenvalue weighted by Crippen LogP contribution is 2.47. The summed E-state index contributed by atoms with van der Waals surface area (Å²) in [5.41, 5.74) is 3.46. The lowest BCUT2D eigenvalue weighted by molar-refractivity contribution is -0.129. The summed E-state index contributed by atoms with van der Waals surface area (Å²) in [6, 6.07) is 10.3. The van der Waals surface area contributed by atoms with Crippen molar-refractivity contribution in [3.8, 4) is 0 Å². The van der Waals surface area contributed by atoms with Gasteiger partial charge >= 0.3 is 0 Å². The molecular weight excluding hydrogens is 342 g/mol. The van der Waals surface area contributed by atoms with Crippen molar-refractivity contribution in [3.63, 3.8) is 0 Å². The first-order chi connectivity index (χ1) is 10.6. The van der Waals surface area contributed by atoms with Crippen molar-refractivity contribution in [1.82, 2.24) is 4.90 Å². The maximum absolute atomic E-state index is 12.0. The average molecular weight is 364 g/mol. The zero-order chi connectivity index (χ0) is 15.7. The first kappa shape index (κ1) is 15.8. The van der Waals surface area contributed by atoms with Crippen LogP contribution in [0.3, 0.4) is 0 Å². The molecule has 22 heavy (non-hydrogen) atoms. The minimum Gasteiger partial charge on any atom is -0.388 e. The van der Waals surface area contributed by atoms with Crippen molar-refractivity contribution in [1.29, 1.82) is 0 Å². The van der Waals surface area contributed by atoms with Crippen LogP contribution in [-0.2, 0) is 4.79 Å². The van der Waals surface area contributed by atoms with Crippen molar-refractivity contribution in [3.05, 3.63) is 41.5 Å². The smallest absolute Gasteiger partial charge is 0.219 e. The van der Waals surface area contributed by atoms with E-state index in [1.54, 1.807) is 6.92 Å². The lowest BCUT2D eigenvalue weighted by Gasteiger charge is -2.26. The zero-order valence-electron chi connectivity index (χ0n) is 12.8. The van der Waals surface area contributed by atoms with E-state index in [1.807, 2.05) is 23.1 Å². The molecule has 1 aromatic rings. The molecule has 1 N–H and O–H groups in total. The van der Waals surface area contributed by atoms with Gasteiger partial charge in [-0.3, -0.25) is 4.79 Å². The molecule has 1 heterocycles. The zero-order valence-corrected chi connectivity index (χ0v) is 14.4. The summed E-state index contributed by atoms with van der Waals surface area (Å²) in [6.07, 6.45) is 2.33. The second-order valence-corrected chi connectivity index (χ2v) is 6.99. The van der Waals surface area contributed by atoms with E-state index < -0.39 is 6.10 Å². The van der Waals surface area contributed by atoms with Gasteiger partial charge in [0, 0.05) is 24.7 Å².